The Morgan fingerprint density at radius 2 is 1.88 bits per heavy atom. The zero-order chi connectivity index (χ0) is 33.4. The minimum Gasteiger partial charge on any atom is -0.480 e. The molecular formula is C37H39F2N5O4. The number of carbonyl (C=O) groups is 1. The molecule has 3 aliphatic rings. The smallest absolute Gasteiger partial charge is 0.387 e. The van der Waals surface area contributed by atoms with Gasteiger partial charge in [-0.3, -0.25) is 14.6 Å². The zero-order valence-corrected chi connectivity index (χ0v) is 27.1. The number of carboxylic acids is 1. The Hall–Kier alpha value is -4.48. The van der Waals surface area contributed by atoms with Gasteiger partial charge in [0, 0.05) is 42.0 Å². The molecule has 2 saturated heterocycles. The van der Waals surface area contributed by atoms with Gasteiger partial charge in [0.05, 0.1) is 12.0 Å². The highest BCUT2D eigenvalue weighted by atomic mass is 19.3. The van der Waals surface area contributed by atoms with Gasteiger partial charge in [0.25, 0.3) is 0 Å². The number of nitrogens with zero attached hydrogens (tertiary/aromatic N) is 5. The summed E-state index contributed by atoms with van der Waals surface area (Å²) in [7, 11) is 0. The van der Waals surface area contributed by atoms with Crippen molar-refractivity contribution in [1.82, 2.24) is 24.8 Å². The predicted octanol–water partition coefficient (Wildman–Crippen LogP) is 6.75. The summed E-state index contributed by atoms with van der Waals surface area (Å²) in [4.78, 5) is 30.6. The molecule has 0 saturated carbocycles. The minimum atomic E-state index is -3.07. The number of halogens is 2. The Bertz CT molecular complexity index is 1870. The van der Waals surface area contributed by atoms with E-state index in [1.54, 1.807) is 11.0 Å². The molecule has 4 heterocycles. The van der Waals surface area contributed by atoms with Crippen LogP contribution in [-0.2, 0) is 23.3 Å². The average molecular weight is 656 g/mol. The van der Waals surface area contributed by atoms with Crippen molar-refractivity contribution < 1.29 is 27.8 Å². The summed E-state index contributed by atoms with van der Waals surface area (Å²) in [6.45, 7) is 4.58. The van der Waals surface area contributed by atoms with Gasteiger partial charge < -0.3 is 14.3 Å². The first-order valence-corrected chi connectivity index (χ1v) is 16.6. The van der Waals surface area contributed by atoms with Crippen molar-refractivity contribution in [3.63, 3.8) is 0 Å². The van der Waals surface area contributed by atoms with Crippen LogP contribution in [0.4, 0.5) is 8.78 Å². The Morgan fingerprint density at radius 3 is 2.60 bits per heavy atom. The van der Waals surface area contributed by atoms with Crippen LogP contribution in [0, 0.1) is 12.8 Å². The number of fused-ring (bicyclic) bond motifs is 1. The number of ether oxygens (including phenoxy) is 1. The molecular weight excluding hydrogens is 616 g/mol. The van der Waals surface area contributed by atoms with Crippen molar-refractivity contribution in [2.24, 2.45) is 5.92 Å². The molecule has 0 bridgehead atoms. The summed E-state index contributed by atoms with van der Waals surface area (Å²) in [5, 5.41) is 9.72. The fraction of sp³-hybridized carbons (Fsp3) is 0.405. The summed E-state index contributed by atoms with van der Waals surface area (Å²) in [5.74, 6) is -0.0501. The highest BCUT2D eigenvalue weighted by Crippen LogP contribution is 2.49. The van der Waals surface area contributed by atoms with Crippen molar-refractivity contribution in [3.05, 3.63) is 101 Å². The van der Waals surface area contributed by atoms with E-state index in [4.69, 9.17) is 24.1 Å². The Labute approximate surface area is 278 Å². The number of rotatable bonds is 10. The molecule has 3 atom stereocenters. The summed E-state index contributed by atoms with van der Waals surface area (Å²) >= 11 is 0. The number of aliphatic carboxylic acids is 1. The second kappa shape index (κ2) is 13.2. The monoisotopic (exact) mass is 655 g/mol. The number of aryl methyl sites for hydroxylation is 1. The van der Waals surface area contributed by atoms with Crippen LogP contribution in [0.15, 0.2) is 71.4 Å². The molecule has 1 N–H and O–H groups in total. The van der Waals surface area contributed by atoms with E-state index in [0.29, 0.717) is 48.5 Å². The molecule has 7 rings (SSSR count). The fourth-order valence-corrected chi connectivity index (χ4v) is 7.59. The van der Waals surface area contributed by atoms with Gasteiger partial charge in [0.1, 0.15) is 23.1 Å². The van der Waals surface area contributed by atoms with E-state index >= 15 is 0 Å². The number of aromatic nitrogens is 3. The van der Waals surface area contributed by atoms with E-state index in [-0.39, 0.29) is 18.2 Å². The molecule has 1 aliphatic carbocycles. The zero-order valence-electron chi connectivity index (χ0n) is 27.1. The lowest BCUT2D eigenvalue weighted by molar-refractivity contribution is -0.142. The number of likely N-dealkylation sites (tertiary alicyclic amines) is 2. The van der Waals surface area contributed by atoms with Gasteiger partial charge in [0.2, 0.25) is 5.89 Å². The third kappa shape index (κ3) is 6.01. The van der Waals surface area contributed by atoms with Crippen molar-refractivity contribution in [2.75, 3.05) is 19.6 Å². The standard InChI is InChI=1S/C37H39F2N5O4/c1-23-9-3-4-10-27(23)28-11-7-13-37(24(28)2,26-19-40-33(41-20-26)22-43-14-5-6-15-43)35-42-29-17-25(21-44-16-8-12-30(44)34(45)46)31(48-36(38)39)18-32(29)47-35/h3-4,7,9-11,13,17-20,24,30,36H,5-6,8,12,14-16,21-22H2,1-2H3,(H,45,46)/t24?,30-,37?/m0/s1. The normalized spacial score (nSPS) is 23.3. The lowest BCUT2D eigenvalue weighted by atomic mass is 9.65. The van der Waals surface area contributed by atoms with Gasteiger partial charge >= 0.3 is 12.6 Å². The third-order valence-electron chi connectivity index (χ3n) is 10.1. The maximum absolute atomic E-state index is 13.6. The van der Waals surface area contributed by atoms with E-state index in [9.17, 15) is 18.7 Å². The van der Waals surface area contributed by atoms with E-state index in [1.165, 1.54) is 18.9 Å². The molecule has 2 aromatic heterocycles. The molecule has 2 aliphatic heterocycles. The van der Waals surface area contributed by atoms with Crippen LogP contribution >= 0.6 is 0 Å². The third-order valence-corrected chi connectivity index (χ3v) is 10.1. The van der Waals surface area contributed by atoms with Crippen molar-refractivity contribution in [3.8, 4) is 5.75 Å². The number of oxazole rings is 1. The Morgan fingerprint density at radius 1 is 1.10 bits per heavy atom. The first-order chi connectivity index (χ1) is 23.2. The van der Waals surface area contributed by atoms with Crippen LogP contribution in [0.1, 0.15) is 66.6 Å². The van der Waals surface area contributed by atoms with Crippen LogP contribution in [0.5, 0.6) is 5.75 Å². The average Bonchev–Trinajstić information content (AvgIpc) is 3.84. The number of allylic oxidation sites excluding steroid dienone is 4. The molecule has 2 unspecified atom stereocenters. The van der Waals surface area contributed by atoms with E-state index in [2.05, 4.69) is 43.0 Å². The summed E-state index contributed by atoms with van der Waals surface area (Å²) in [5.41, 5.74) is 4.38. The number of alkyl halides is 2. The maximum atomic E-state index is 13.6. The maximum Gasteiger partial charge on any atom is 0.387 e. The van der Waals surface area contributed by atoms with Gasteiger partial charge in [-0.1, -0.05) is 49.4 Å². The number of carboxylic acid groups (broad SMARTS) is 1. The van der Waals surface area contributed by atoms with Crippen LogP contribution in [-0.4, -0.2) is 68.1 Å². The summed E-state index contributed by atoms with van der Waals surface area (Å²) in [6.07, 6.45) is 13.4. The Kier molecular flexibility index (Phi) is 8.82. The lowest BCUT2D eigenvalue weighted by Crippen LogP contribution is -2.36. The first kappa shape index (κ1) is 32.1. The van der Waals surface area contributed by atoms with Gasteiger partial charge in [-0.2, -0.15) is 8.78 Å². The van der Waals surface area contributed by atoms with E-state index in [0.717, 1.165) is 41.2 Å². The van der Waals surface area contributed by atoms with Gasteiger partial charge in [0.15, 0.2) is 5.58 Å². The molecule has 48 heavy (non-hydrogen) atoms. The van der Waals surface area contributed by atoms with Crippen LogP contribution in [0.2, 0.25) is 0 Å². The second-order valence-electron chi connectivity index (χ2n) is 13.0. The largest absolute Gasteiger partial charge is 0.480 e. The van der Waals surface area contributed by atoms with Crippen LogP contribution < -0.4 is 4.74 Å². The van der Waals surface area contributed by atoms with Crippen LogP contribution in [0.25, 0.3) is 16.7 Å². The molecule has 11 heteroatoms. The van der Waals surface area contributed by atoms with Crippen LogP contribution in [0.3, 0.4) is 0 Å². The molecule has 0 amide bonds. The van der Waals surface area contributed by atoms with Gasteiger partial charge in [-0.05, 0) is 75.0 Å². The SMILES string of the molecule is Cc1ccccc1C1=CC=CC(c2cnc(CN3CCCC3)nc2)(c2nc3cc(CN4CCC[C@H]4C(=O)O)c(OC(F)F)cc3o2)C1C. The van der Waals surface area contributed by atoms with Gasteiger partial charge in [-0.25, -0.2) is 15.0 Å². The van der Waals surface area contributed by atoms with Crippen molar-refractivity contribution in [2.45, 2.75) is 70.7 Å². The van der Waals surface area contributed by atoms with E-state index in [1.807, 2.05) is 30.6 Å². The molecule has 9 nitrogen and oxygen atoms in total. The quantitative estimate of drug-likeness (QED) is 0.199. The van der Waals surface area contributed by atoms with Gasteiger partial charge in [-0.15, -0.1) is 0 Å². The van der Waals surface area contributed by atoms with Crippen molar-refractivity contribution >= 4 is 22.6 Å². The number of hydrogen-bond acceptors (Lipinski definition) is 8. The highest BCUT2D eigenvalue weighted by Gasteiger charge is 2.46. The van der Waals surface area contributed by atoms with Crippen molar-refractivity contribution in [1.29, 1.82) is 0 Å². The predicted molar refractivity (Wildman–Crippen MR) is 176 cm³/mol. The molecule has 0 spiro atoms. The van der Waals surface area contributed by atoms with E-state index < -0.39 is 24.0 Å². The molecule has 2 aromatic carbocycles. The minimum absolute atomic E-state index is 0.0624. The second-order valence-corrected chi connectivity index (χ2v) is 13.0. The highest BCUT2D eigenvalue weighted by molar-refractivity contribution is 5.79. The molecule has 2 fully saturated rings. The Balaban J connectivity index is 1.33. The number of hydrogen-bond donors (Lipinski definition) is 1. The molecule has 250 valence electrons. The molecule has 0 radical (unpaired) electrons. The first-order valence-electron chi connectivity index (χ1n) is 16.6. The lowest BCUT2D eigenvalue weighted by Gasteiger charge is -2.38. The summed E-state index contributed by atoms with van der Waals surface area (Å²) in [6, 6.07) is 10.7. The topological polar surface area (TPSA) is 105 Å². The number of benzene rings is 2. The summed E-state index contributed by atoms with van der Waals surface area (Å²) < 4.78 is 38.7. The molecule has 4 aromatic rings. The fourth-order valence-electron chi connectivity index (χ4n) is 7.59.